The Morgan fingerprint density at radius 1 is 1.26 bits per heavy atom. The molecule has 2 aromatic heterocycles. The SMILES string of the molecule is Cc1ccc(C(F)(F)F)cc1-c1[nH]c(-c2nc(N)ncc2Cl)cc1C(N)=O. The fourth-order valence-corrected chi connectivity index (χ4v) is 2.82. The lowest BCUT2D eigenvalue weighted by Gasteiger charge is -2.11. The monoisotopic (exact) mass is 395 g/mol. The smallest absolute Gasteiger partial charge is 0.368 e. The number of anilines is 1. The van der Waals surface area contributed by atoms with E-state index in [-0.39, 0.29) is 39.2 Å². The van der Waals surface area contributed by atoms with E-state index in [4.69, 9.17) is 23.1 Å². The van der Waals surface area contributed by atoms with E-state index in [1.54, 1.807) is 6.92 Å². The van der Waals surface area contributed by atoms with Crippen molar-refractivity contribution in [2.24, 2.45) is 5.73 Å². The number of carbonyl (C=O) groups excluding carboxylic acids is 1. The lowest BCUT2D eigenvalue weighted by Crippen LogP contribution is -2.11. The van der Waals surface area contributed by atoms with Crippen LogP contribution in [0.4, 0.5) is 19.1 Å². The Morgan fingerprint density at radius 3 is 2.59 bits per heavy atom. The van der Waals surface area contributed by atoms with Gasteiger partial charge in [-0.2, -0.15) is 13.2 Å². The number of H-pyrrole nitrogens is 1. The molecule has 0 radical (unpaired) electrons. The van der Waals surface area contributed by atoms with Crippen LogP contribution in [-0.4, -0.2) is 20.9 Å². The minimum absolute atomic E-state index is 0.000625. The summed E-state index contributed by atoms with van der Waals surface area (Å²) in [5.74, 6) is -0.871. The van der Waals surface area contributed by atoms with Gasteiger partial charge >= 0.3 is 6.18 Å². The number of hydrogen-bond acceptors (Lipinski definition) is 4. The van der Waals surface area contributed by atoms with Crippen molar-refractivity contribution in [2.75, 3.05) is 5.73 Å². The molecule has 0 aliphatic carbocycles. The highest BCUT2D eigenvalue weighted by atomic mass is 35.5. The zero-order valence-electron chi connectivity index (χ0n) is 13.9. The van der Waals surface area contributed by atoms with Gasteiger partial charge in [-0.3, -0.25) is 4.79 Å². The Bertz CT molecular complexity index is 1050. The maximum absolute atomic E-state index is 13.1. The lowest BCUT2D eigenvalue weighted by molar-refractivity contribution is -0.137. The highest BCUT2D eigenvalue weighted by molar-refractivity contribution is 6.32. The Labute approximate surface area is 156 Å². The third kappa shape index (κ3) is 3.59. The zero-order valence-corrected chi connectivity index (χ0v) is 14.6. The molecule has 2 heterocycles. The topological polar surface area (TPSA) is 111 Å². The summed E-state index contributed by atoms with van der Waals surface area (Å²) in [5.41, 5.74) is 11.4. The molecule has 5 N–H and O–H groups in total. The first kappa shape index (κ1) is 18.7. The van der Waals surface area contributed by atoms with Gasteiger partial charge in [-0.15, -0.1) is 0 Å². The predicted molar refractivity (Wildman–Crippen MR) is 94.9 cm³/mol. The Kier molecular flexibility index (Phi) is 4.56. The van der Waals surface area contributed by atoms with Crippen molar-refractivity contribution in [1.29, 1.82) is 0 Å². The van der Waals surface area contributed by atoms with E-state index >= 15 is 0 Å². The number of nitrogen functional groups attached to an aromatic ring is 1. The molecule has 3 rings (SSSR count). The first-order valence-corrected chi connectivity index (χ1v) is 7.95. The van der Waals surface area contributed by atoms with Crippen LogP contribution < -0.4 is 11.5 Å². The van der Waals surface area contributed by atoms with Gasteiger partial charge in [0.2, 0.25) is 5.95 Å². The van der Waals surface area contributed by atoms with Crippen molar-refractivity contribution >= 4 is 23.5 Å². The summed E-state index contributed by atoms with van der Waals surface area (Å²) in [7, 11) is 0. The van der Waals surface area contributed by atoms with Crippen LogP contribution in [0.3, 0.4) is 0 Å². The number of nitrogens with two attached hydrogens (primary N) is 2. The van der Waals surface area contributed by atoms with Crippen LogP contribution in [0.25, 0.3) is 22.6 Å². The summed E-state index contributed by atoms with van der Waals surface area (Å²) in [4.78, 5) is 22.5. The van der Waals surface area contributed by atoms with E-state index in [1.165, 1.54) is 18.3 Å². The van der Waals surface area contributed by atoms with Gasteiger partial charge in [0, 0.05) is 5.56 Å². The zero-order chi connectivity index (χ0) is 19.9. The van der Waals surface area contributed by atoms with Gasteiger partial charge in [0.25, 0.3) is 5.91 Å². The number of hydrogen-bond donors (Lipinski definition) is 3. The second kappa shape index (κ2) is 6.58. The molecule has 0 spiro atoms. The number of nitrogens with zero attached hydrogens (tertiary/aromatic N) is 2. The highest BCUT2D eigenvalue weighted by Gasteiger charge is 2.31. The highest BCUT2D eigenvalue weighted by Crippen LogP contribution is 2.36. The molecule has 0 aliphatic heterocycles. The van der Waals surface area contributed by atoms with Gasteiger partial charge in [-0.25, -0.2) is 9.97 Å². The molecule has 6 nitrogen and oxygen atoms in total. The average molecular weight is 396 g/mol. The van der Waals surface area contributed by atoms with E-state index in [0.717, 1.165) is 12.1 Å². The number of benzene rings is 1. The van der Waals surface area contributed by atoms with Gasteiger partial charge in [0.15, 0.2) is 0 Å². The van der Waals surface area contributed by atoms with Crippen molar-refractivity contribution in [2.45, 2.75) is 13.1 Å². The van der Waals surface area contributed by atoms with Crippen LogP contribution in [-0.2, 0) is 6.18 Å². The van der Waals surface area contributed by atoms with Crippen LogP contribution in [0, 0.1) is 6.92 Å². The number of aromatic amines is 1. The number of alkyl halides is 3. The summed E-state index contributed by atoms with van der Waals surface area (Å²) in [6.07, 6.45) is -3.26. The lowest BCUT2D eigenvalue weighted by atomic mass is 9.99. The minimum atomic E-state index is -4.53. The summed E-state index contributed by atoms with van der Waals surface area (Å²) >= 11 is 6.07. The molecule has 0 aliphatic rings. The number of aryl methyl sites for hydroxylation is 1. The van der Waals surface area contributed by atoms with Gasteiger partial charge < -0.3 is 16.5 Å². The van der Waals surface area contributed by atoms with Crippen LogP contribution in [0.1, 0.15) is 21.5 Å². The normalized spacial score (nSPS) is 11.6. The summed E-state index contributed by atoms with van der Waals surface area (Å²) in [6, 6.07) is 4.60. The number of rotatable bonds is 3. The molecule has 0 bridgehead atoms. The second-order valence-corrected chi connectivity index (χ2v) is 6.20. The molecule has 3 aromatic rings. The molecule has 0 saturated heterocycles. The number of halogens is 4. The van der Waals surface area contributed by atoms with Crippen molar-refractivity contribution in [3.05, 3.63) is 52.2 Å². The molecule has 1 amide bonds. The maximum atomic E-state index is 13.1. The molecule has 1 aromatic carbocycles. The van der Waals surface area contributed by atoms with Gasteiger partial charge in [-0.1, -0.05) is 17.7 Å². The molecule has 27 heavy (non-hydrogen) atoms. The van der Waals surface area contributed by atoms with Crippen LogP contribution >= 0.6 is 11.6 Å². The van der Waals surface area contributed by atoms with E-state index in [0.29, 0.717) is 5.56 Å². The average Bonchev–Trinajstić information content (AvgIpc) is 3.01. The van der Waals surface area contributed by atoms with Crippen molar-refractivity contribution in [3.8, 4) is 22.6 Å². The second-order valence-electron chi connectivity index (χ2n) is 5.79. The van der Waals surface area contributed by atoms with Crippen LogP contribution in [0.15, 0.2) is 30.5 Å². The molecule has 0 saturated carbocycles. The standard InChI is InChI=1S/C17H13ClF3N5O/c1-7-2-3-8(17(19,20)21)4-9(7)13-10(15(22)27)5-12(25-13)14-11(18)6-24-16(23)26-14/h2-6,25H,1H3,(H2,22,27)(H2,23,24,26). The quantitative estimate of drug-likeness (QED) is 0.626. The summed E-state index contributed by atoms with van der Waals surface area (Å²) in [6.45, 7) is 1.62. The maximum Gasteiger partial charge on any atom is 0.416 e. The van der Waals surface area contributed by atoms with Crippen LogP contribution in [0.2, 0.25) is 5.02 Å². The molecular weight excluding hydrogens is 383 g/mol. The van der Waals surface area contributed by atoms with Crippen molar-refractivity contribution in [3.63, 3.8) is 0 Å². The Hall–Kier alpha value is -3.07. The minimum Gasteiger partial charge on any atom is -0.368 e. The summed E-state index contributed by atoms with van der Waals surface area (Å²) in [5, 5.41) is 0.147. The number of carbonyl (C=O) groups is 1. The molecular formula is C17H13ClF3N5O. The van der Waals surface area contributed by atoms with E-state index in [2.05, 4.69) is 15.0 Å². The molecule has 0 atom stereocenters. The Morgan fingerprint density at radius 2 is 1.96 bits per heavy atom. The molecule has 10 heteroatoms. The summed E-state index contributed by atoms with van der Waals surface area (Å²) < 4.78 is 39.3. The Balaban J connectivity index is 2.24. The van der Waals surface area contributed by atoms with E-state index in [9.17, 15) is 18.0 Å². The van der Waals surface area contributed by atoms with E-state index < -0.39 is 17.6 Å². The van der Waals surface area contributed by atoms with Gasteiger partial charge in [-0.05, 0) is 30.7 Å². The van der Waals surface area contributed by atoms with Gasteiger partial charge in [0.1, 0.15) is 5.69 Å². The van der Waals surface area contributed by atoms with Crippen LogP contribution in [0.5, 0.6) is 0 Å². The van der Waals surface area contributed by atoms with Gasteiger partial charge in [0.05, 0.1) is 33.7 Å². The third-order valence-corrected chi connectivity index (χ3v) is 4.21. The first-order chi connectivity index (χ1) is 12.6. The third-order valence-electron chi connectivity index (χ3n) is 3.94. The van der Waals surface area contributed by atoms with Crippen molar-refractivity contribution < 1.29 is 18.0 Å². The fourth-order valence-electron chi connectivity index (χ4n) is 2.63. The molecule has 0 unspecified atom stereocenters. The molecule has 140 valence electrons. The first-order valence-electron chi connectivity index (χ1n) is 7.57. The predicted octanol–water partition coefficient (Wildman–Crippen LogP) is 3.80. The van der Waals surface area contributed by atoms with E-state index in [1.807, 2.05) is 0 Å². The number of primary amides is 1. The fraction of sp³-hybridized carbons (Fsp3) is 0.118. The number of amides is 1. The molecule has 0 fully saturated rings. The number of nitrogens with one attached hydrogen (secondary N) is 1. The largest absolute Gasteiger partial charge is 0.416 e. The number of aromatic nitrogens is 3. The van der Waals surface area contributed by atoms with Crippen molar-refractivity contribution in [1.82, 2.24) is 15.0 Å².